The van der Waals surface area contributed by atoms with Gasteiger partial charge >= 0.3 is 5.97 Å². The van der Waals surface area contributed by atoms with E-state index >= 15 is 0 Å². The molecule has 0 aliphatic carbocycles. The number of amides is 1. The average Bonchev–Trinajstić information content (AvgIpc) is 3.07. The fourth-order valence-electron chi connectivity index (χ4n) is 3.27. The average molecular weight is 489 g/mol. The van der Waals surface area contributed by atoms with Crippen LogP contribution in [0.25, 0.3) is 0 Å². The zero-order valence-corrected chi connectivity index (χ0v) is 19.3. The van der Waals surface area contributed by atoms with Gasteiger partial charge in [0.15, 0.2) is 0 Å². The number of ether oxygens (including phenoxy) is 1. The highest BCUT2D eigenvalue weighted by molar-refractivity contribution is 7.90. The van der Waals surface area contributed by atoms with E-state index in [1.165, 1.54) is 30.3 Å². The van der Waals surface area contributed by atoms with Gasteiger partial charge in [0.1, 0.15) is 5.84 Å². The Morgan fingerprint density at radius 2 is 1.79 bits per heavy atom. The Hall–Kier alpha value is -3.80. The van der Waals surface area contributed by atoms with E-state index in [1.54, 1.807) is 6.92 Å². The summed E-state index contributed by atoms with van der Waals surface area (Å²) in [6, 6.07) is 8.69. The highest BCUT2D eigenvalue weighted by atomic mass is 32.2. The summed E-state index contributed by atoms with van der Waals surface area (Å²) in [5.41, 5.74) is -0.429. The number of amidine groups is 1. The van der Waals surface area contributed by atoms with Crippen molar-refractivity contribution in [2.75, 3.05) is 18.5 Å². The van der Waals surface area contributed by atoms with Crippen LogP contribution in [0.3, 0.4) is 0 Å². The van der Waals surface area contributed by atoms with Gasteiger partial charge in [0.05, 0.1) is 22.0 Å². The second-order valence-corrected chi connectivity index (χ2v) is 9.15. The topological polar surface area (TPSA) is 157 Å². The van der Waals surface area contributed by atoms with Gasteiger partial charge < -0.3 is 10.1 Å². The number of nitro benzene ring substituents is 1. The second-order valence-electron chi connectivity index (χ2n) is 7.47. The number of carbonyl (C=O) groups is 2. The van der Waals surface area contributed by atoms with Crippen molar-refractivity contribution in [3.63, 3.8) is 0 Å². The largest absolute Gasteiger partial charge is 0.462 e. The lowest BCUT2D eigenvalue weighted by Crippen LogP contribution is -2.30. The number of aliphatic imine (C=N–C) groups is 1. The Labute approximate surface area is 196 Å². The standard InChI is InChI=1S/C22H24N4O7S/c1-2-33-22(28)16-12-15(13-18(14-16)26(29)30)21(27)24-17-7-9-19(10-8-17)34(31,32)25-20-6-4-3-5-11-23-20/h7-10,12-14H,2-6,11H2,1H3,(H,23,25)(H,24,27). The first-order valence-electron chi connectivity index (χ1n) is 10.6. The molecule has 11 nitrogen and oxygen atoms in total. The zero-order chi connectivity index (χ0) is 24.7. The summed E-state index contributed by atoms with van der Waals surface area (Å²) in [6.45, 7) is 2.24. The zero-order valence-electron chi connectivity index (χ0n) is 18.4. The first-order valence-corrected chi connectivity index (χ1v) is 12.1. The van der Waals surface area contributed by atoms with E-state index in [-0.39, 0.29) is 28.3 Å². The molecular weight excluding hydrogens is 464 g/mol. The molecule has 1 aliphatic rings. The Bertz CT molecular complexity index is 1220. The second kappa shape index (κ2) is 10.9. The third kappa shape index (κ3) is 6.38. The molecule has 34 heavy (non-hydrogen) atoms. The predicted octanol–water partition coefficient (Wildman–Crippen LogP) is 3.27. The van der Waals surface area contributed by atoms with E-state index in [4.69, 9.17) is 4.74 Å². The molecule has 2 aromatic carbocycles. The fraction of sp³-hybridized carbons (Fsp3) is 0.318. The third-order valence-electron chi connectivity index (χ3n) is 4.95. The number of anilines is 1. The van der Waals surface area contributed by atoms with Crippen molar-refractivity contribution in [1.29, 1.82) is 0 Å². The maximum Gasteiger partial charge on any atom is 0.338 e. The molecule has 0 bridgehead atoms. The molecule has 0 radical (unpaired) electrons. The van der Waals surface area contributed by atoms with Crippen molar-refractivity contribution < 1.29 is 27.7 Å². The molecule has 0 aromatic heterocycles. The summed E-state index contributed by atoms with van der Waals surface area (Å²) in [4.78, 5) is 39.4. The normalized spacial score (nSPS) is 13.9. The highest BCUT2D eigenvalue weighted by Crippen LogP contribution is 2.21. The lowest BCUT2D eigenvalue weighted by atomic mass is 10.1. The first-order chi connectivity index (χ1) is 16.2. The van der Waals surface area contributed by atoms with Crippen LogP contribution in [-0.2, 0) is 14.8 Å². The van der Waals surface area contributed by atoms with E-state index in [0.29, 0.717) is 18.8 Å². The molecule has 0 spiro atoms. The van der Waals surface area contributed by atoms with E-state index in [1.807, 2.05) is 0 Å². The molecular formula is C22H24N4O7S. The molecule has 0 unspecified atom stereocenters. The molecule has 0 saturated heterocycles. The fourth-order valence-corrected chi connectivity index (χ4v) is 4.36. The third-order valence-corrected chi connectivity index (χ3v) is 6.35. The maximum atomic E-state index is 12.7. The number of hydrogen-bond donors (Lipinski definition) is 2. The Balaban J connectivity index is 1.76. The molecule has 1 heterocycles. The van der Waals surface area contributed by atoms with Crippen LogP contribution in [0.5, 0.6) is 0 Å². The molecule has 12 heteroatoms. The van der Waals surface area contributed by atoms with Crippen LogP contribution < -0.4 is 10.0 Å². The quantitative estimate of drug-likeness (QED) is 0.344. The van der Waals surface area contributed by atoms with Crippen molar-refractivity contribution in [3.05, 3.63) is 63.7 Å². The predicted molar refractivity (Wildman–Crippen MR) is 125 cm³/mol. The molecule has 1 amide bonds. The minimum atomic E-state index is -3.83. The minimum Gasteiger partial charge on any atom is -0.462 e. The molecule has 3 rings (SSSR count). The Kier molecular flexibility index (Phi) is 7.95. The Morgan fingerprint density at radius 1 is 1.09 bits per heavy atom. The number of sulfonamides is 1. The van der Waals surface area contributed by atoms with Gasteiger partial charge in [0.25, 0.3) is 21.6 Å². The Morgan fingerprint density at radius 3 is 2.47 bits per heavy atom. The first kappa shape index (κ1) is 24.8. The highest BCUT2D eigenvalue weighted by Gasteiger charge is 2.20. The summed E-state index contributed by atoms with van der Waals surface area (Å²) in [5.74, 6) is -1.07. The van der Waals surface area contributed by atoms with Gasteiger partial charge in [-0.1, -0.05) is 6.42 Å². The van der Waals surface area contributed by atoms with Crippen LogP contribution in [-0.4, -0.2) is 44.2 Å². The number of benzene rings is 2. The number of nitrogens with one attached hydrogen (secondary N) is 2. The van der Waals surface area contributed by atoms with Crippen LogP contribution in [0.4, 0.5) is 11.4 Å². The number of hydrogen-bond acceptors (Lipinski definition) is 8. The molecule has 2 N–H and O–H groups in total. The van der Waals surface area contributed by atoms with Crippen LogP contribution in [0.1, 0.15) is 53.3 Å². The lowest BCUT2D eigenvalue weighted by Gasteiger charge is -2.11. The monoisotopic (exact) mass is 488 g/mol. The molecule has 0 atom stereocenters. The van der Waals surface area contributed by atoms with Gasteiger partial charge in [-0.15, -0.1) is 0 Å². The number of non-ortho nitro benzene ring substituents is 1. The van der Waals surface area contributed by atoms with Crippen molar-refractivity contribution in [2.24, 2.45) is 4.99 Å². The van der Waals surface area contributed by atoms with Crippen molar-refractivity contribution in [3.8, 4) is 0 Å². The van der Waals surface area contributed by atoms with Gasteiger partial charge in [-0.05, 0) is 50.1 Å². The van der Waals surface area contributed by atoms with Crippen LogP contribution in [0, 0.1) is 10.1 Å². The van der Waals surface area contributed by atoms with Gasteiger partial charge in [-0.3, -0.25) is 24.6 Å². The minimum absolute atomic E-state index is 0.00241. The maximum absolute atomic E-state index is 12.7. The van der Waals surface area contributed by atoms with E-state index in [0.717, 1.165) is 31.4 Å². The van der Waals surface area contributed by atoms with E-state index < -0.39 is 32.5 Å². The number of nitro groups is 1. The molecule has 0 fully saturated rings. The van der Waals surface area contributed by atoms with Crippen LogP contribution in [0.15, 0.2) is 52.4 Å². The SMILES string of the molecule is CCOC(=O)c1cc(C(=O)Nc2ccc(S(=O)(=O)NC3=NCCCCC3)cc2)cc([N+](=O)[O-])c1. The van der Waals surface area contributed by atoms with Gasteiger partial charge in [0.2, 0.25) is 0 Å². The number of carbonyl (C=O) groups excluding carboxylic acids is 2. The summed E-state index contributed by atoms with van der Waals surface area (Å²) < 4.78 is 32.6. The van der Waals surface area contributed by atoms with Crippen LogP contribution in [0.2, 0.25) is 0 Å². The van der Waals surface area contributed by atoms with Gasteiger partial charge in [-0.2, -0.15) is 0 Å². The molecule has 1 aliphatic heterocycles. The van der Waals surface area contributed by atoms with E-state index in [2.05, 4.69) is 15.0 Å². The van der Waals surface area contributed by atoms with Crippen molar-refractivity contribution in [1.82, 2.24) is 4.72 Å². The van der Waals surface area contributed by atoms with Crippen molar-refractivity contribution in [2.45, 2.75) is 37.5 Å². The smallest absolute Gasteiger partial charge is 0.338 e. The van der Waals surface area contributed by atoms with Gasteiger partial charge in [0, 0.05) is 36.3 Å². The summed E-state index contributed by atoms with van der Waals surface area (Å²) >= 11 is 0. The number of esters is 1. The van der Waals surface area contributed by atoms with Crippen LogP contribution >= 0.6 is 0 Å². The molecule has 2 aromatic rings. The summed E-state index contributed by atoms with van der Waals surface area (Å²) in [6.07, 6.45) is 3.34. The van der Waals surface area contributed by atoms with E-state index in [9.17, 15) is 28.1 Å². The molecule has 0 saturated carbocycles. The summed E-state index contributed by atoms with van der Waals surface area (Å²) in [7, 11) is -3.83. The molecule has 180 valence electrons. The summed E-state index contributed by atoms with van der Waals surface area (Å²) in [5, 5.41) is 13.7. The van der Waals surface area contributed by atoms with Crippen molar-refractivity contribution >= 4 is 39.1 Å². The lowest BCUT2D eigenvalue weighted by molar-refractivity contribution is -0.384. The number of rotatable bonds is 7. The number of nitrogens with zero attached hydrogens (tertiary/aromatic N) is 2. The van der Waals surface area contributed by atoms with Gasteiger partial charge in [-0.25, -0.2) is 13.2 Å².